The van der Waals surface area contributed by atoms with Crippen molar-refractivity contribution in [3.8, 4) is 0 Å². The van der Waals surface area contributed by atoms with E-state index in [1.165, 1.54) is 0 Å². The summed E-state index contributed by atoms with van der Waals surface area (Å²) in [7, 11) is 0. The third kappa shape index (κ3) is 1.32. The van der Waals surface area contributed by atoms with Gasteiger partial charge in [-0.25, -0.2) is 9.97 Å². The van der Waals surface area contributed by atoms with Crippen molar-refractivity contribution in [1.82, 2.24) is 9.97 Å². The van der Waals surface area contributed by atoms with Crippen molar-refractivity contribution in [3.05, 3.63) is 23.3 Å². The van der Waals surface area contributed by atoms with E-state index in [9.17, 15) is 5.11 Å². The molecule has 1 aromatic heterocycles. The van der Waals surface area contributed by atoms with Gasteiger partial charge in [0.2, 0.25) is 0 Å². The summed E-state index contributed by atoms with van der Waals surface area (Å²) in [5.41, 5.74) is 2.23. The molecule has 1 aliphatic rings. The maximum absolute atomic E-state index is 9.37. The minimum Gasteiger partial charge on any atom is -0.393 e. The second-order valence-corrected chi connectivity index (χ2v) is 3.29. The Labute approximate surface area is 71.5 Å². The summed E-state index contributed by atoms with van der Waals surface area (Å²) in [4.78, 5) is 8.43. The van der Waals surface area contributed by atoms with E-state index < -0.39 is 0 Å². The molecule has 0 amide bonds. The number of rotatable bonds is 0. The molecular weight excluding hydrogens is 152 g/mol. The van der Waals surface area contributed by atoms with Crippen LogP contribution in [-0.4, -0.2) is 21.2 Å². The Morgan fingerprint density at radius 1 is 1.58 bits per heavy atom. The molecule has 2 rings (SSSR count). The molecule has 1 aliphatic carbocycles. The molecule has 12 heavy (non-hydrogen) atoms. The van der Waals surface area contributed by atoms with Gasteiger partial charge in [0.25, 0.3) is 0 Å². The summed E-state index contributed by atoms with van der Waals surface area (Å²) in [6.45, 7) is 1.89. The quantitative estimate of drug-likeness (QED) is 0.612. The summed E-state index contributed by atoms with van der Waals surface area (Å²) in [6, 6.07) is 0. The van der Waals surface area contributed by atoms with Crippen molar-refractivity contribution in [2.24, 2.45) is 0 Å². The predicted molar refractivity (Wildman–Crippen MR) is 44.8 cm³/mol. The van der Waals surface area contributed by atoms with E-state index in [1.807, 2.05) is 13.1 Å². The normalized spacial score (nSPS) is 22.0. The average Bonchev–Trinajstić information content (AvgIpc) is 2.05. The third-order valence-electron chi connectivity index (χ3n) is 2.24. The van der Waals surface area contributed by atoms with Gasteiger partial charge in [-0.15, -0.1) is 0 Å². The fourth-order valence-corrected chi connectivity index (χ4v) is 1.59. The molecule has 1 atom stereocenters. The number of aliphatic hydroxyl groups is 1. The van der Waals surface area contributed by atoms with Crippen molar-refractivity contribution >= 4 is 0 Å². The van der Waals surface area contributed by atoms with Gasteiger partial charge in [0, 0.05) is 18.3 Å². The maximum atomic E-state index is 9.37. The molecule has 0 bridgehead atoms. The maximum Gasteiger partial charge on any atom is 0.125 e. The lowest BCUT2D eigenvalue weighted by Gasteiger charge is -2.18. The van der Waals surface area contributed by atoms with Crippen LogP contribution in [0.4, 0.5) is 0 Å². The van der Waals surface area contributed by atoms with Crippen LogP contribution in [-0.2, 0) is 12.8 Å². The van der Waals surface area contributed by atoms with E-state index in [1.54, 1.807) is 0 Å². The highest BCUT2D eigenvalue weighted by Crippen LogP contribution is 2.18. The molecule has 64 valence electrons. The summed E-state index contributed by atoms with van der Waals surface area (Å²) in [6.07, 6.45) is 4.09. The van der Waals surface area contributed by atoms with Gasteiger partial charge >= 0.3 is 0 Å². The smallest absolute Gasteiger partial charge is 0.125 e. The molecule has 0 radical (unpaired) electrons. The molecule has 0 saturated heterocycles. The minimum absolute atomic E-state index is 0.191. The summed E-state index contributed by atoms with van der Waals surface area (Å²) >= 11 is 0. The van der Waals surface area contributed by atoms with Gasteiger partial charge in [0.1, 0.15) is 5.82 Å². The monoisotopic (exact) mass is 164 g/mol. The lowest BCUT2D eigenvalue weighted by molar-refractivity contribution is 0.157. The van der Waals surface area contributed by atoms with Crippen LogP contribution < -0.4 is 0 Å². The number of nitrogens with zero attached hydrogens (tertiary/aromatic N) is 2. The highest BCUT2D eigenvalue weighted by Gasteiger charge is 2.17. The van der Waals surface area contributed by atoms with E-state index in [2.05, 4.69) is 9.97 Å². The zero-order valence-corrected chi connectivity index (χ0v) is 7.12. The van der Waals surface area contributed by atoms with E-state index in [0.717, 1.165) is 36.3 Å². The molecule has 0 aromatic carbocycles. The van der Waals surface area contributed by atoms with Crippen LogP contribution in [0.3, 0.4) is 0 Å². The first kappa shape index (κ1) is 7.68. The zero-order valence-electron chi connectivity index (χ0n) is 7.12. The van der Waals surface area contributed by atoms with E-state index in [0.29, 0.717) is 0 Å². The van der Waals surface area contributed by atoms with Crippen LogP contribution in [0.2, 0.25) is 0 Å². The molecule has 1 heterocycles. The molecule has 0 fully saturated rings. The third-order valence-corrected chi connectivity index (χ3v) is 2.24. The number of hydrogen-bond acceptors (Lipinski definition) is 3. The molecular formula is C9H12N2O. The van der Waals surface area contributed by atoms with Crippen molar-refractivity contribution in [2.45, 2.75) is 32.3 Å². The number of hydrogen-bond donors (Lipinski definition) is 1. The largest absolute Gasteiger partial charge is 0.393 e. The van der Waals surface area contributed by atoms with Crippen LogP contribution in [0.1, 0.15) is 23.5 Å². The SMILES string of the molecule is Cc1ncc2c(n1)CCC(O)C2. The van der Waals surface area contributed by atoms with Crippen LogP contribution in [0.25, 0.3) is 0 Å². The summed E-state index contributed by atoms with van der Waals surface area (Å²) in [5, 5.41) is 9.37. The van der Waals surface area contributed by atoms with E-state index >= 15 is 0 Å². The van der Waals surface area contributed by atoms with Gasteiger partial charge in [-0.3, -0.25) is 0 Å². The second-order valence-electron chi connectivity index (χ2n) is 3.29. The Kier molecular flexibility index (Phi) is 1.81. The molecule has 3 nitrogen and oxygen atoms in total. The Balaban J connectivity index is 2.37. The minimum atomic E-state index is -0.191. The first-order valence-electron chi connectivity index (χ1n) is 4.25. The summed E-state index contributed by atoms with van der Waals surface area (Å²) in [5.74, 6) is 0.824. The topological polar surface area (TPSA) is 46.0 Å². The van der Waals surface area contributed by atoms with Crippen molar-refractivity contribution in [1.29, 1.82) is 0 Å². The van der Waals surface area contributed by atoms with Gasteiger partial charge in [-0.1, -0.05) is 0 Å². The highest BCUT2D eigenvalue weighted by atomic mass is 16.3. The highest BCUT2D eigenvalue weighted by molar-refractivity contribution is 5.21. The average molecular weight is 164 g/mol. The Morgan fingerprint density at radius 2 is 2.42 bits per heavy atom. The standard InChI is InChI=1S/C9H12N2O/c1-6-10-5-7-4-8(12)2-3-9(7)11-6/h5,8,12H,2-4H2,1H3. The Hall–Kier alpha value is -0.960. The molecule has 1 unspecified atom stereocenters. The van der Waals surface area contributed by atoms with E-state index in [4.69, 9.17) is 0 Å². The second kappa shape index (κ2) is 2.83. The molecule has 0 spiro atoms. The first-order valence-corrected chi connectivity index (χ1v) is 4.25. The van der Waals surface area contributed by atoms with Gasteiger partial charge in [0.15, 0.2) is 0 Å². The van der Waals surface area contributed by atoms with Crippen LogP contribution >= 0.6 is 0 Å². The van der Waals surface area contributed by atoms with Gasteiger partial charge in [-0.05, 0) is 25.3 Å². The molecule has 0 saturated carbocycles. The lowest BCUT2D eigenvalue weighted by atomic mass is 9.95. The molecule has 1 N–H and O–H groups in total. The Bertz CT molecular complexity index is 299. The van der Waals surface area contributed by atoms with Gasteiger partial charge < -0.3 is 5.11 Å². The molecule has 0 aliphatic heterocycles. The number of aromatic nitrogens is 2. The fourth-order valence-electron chi connectivity index (χ4n) is 1.59. The van der Waals surface area contributed by atoms with Crippen molar-refractivity contribution in [3.63, 3.8) is 0 Å². The van der Waals surface area contributed by atoms with Gasteiger partial charge in [0.05, 0.1) is 6.10 Å². The van der Waals surface area contributed by atoms with Crippen molar-refractivity contribution in [2.75, 3.05) is 0 Å². The van der Waals surface area contributed by atoms with Crippen molar-refractivity contribution < 1.29 is 5.11 Å². The van der Waals surface area contributed by atoms with Gasteiger partial charge in [-0.2, -0.15) is 0 Å². The van der Waals surface area contributed by atoms with Crippen LogP contribution in [0.5, 0.6) is 0 Å². The van der Waals surface area contributed by atoms with Crippen LogP contribution in [0.15, 0.2) is 6.20 Å². The first-order chi connectivity index (χ1) is 5.75. The summed E-state index contributed by atoms with van der Waals surface area (Å²) < 4.78 is 0. The van der Waals surface area contributed by atoms with Crippen LogP contribution in [0, 0.1) is 6.92 Å². The lowest BCUT2D eigenvalue weighted by Crippen LogP contribution is -2.20. The predicted octanol–water partition coefficient (Wildman–Crippen LogP) is 0.635. The Morgan fingerprint density at radius 3 is 3.25 bits per heavy atom. The molecule has 3 heteroatoms. The van der Waals surface area contributed by atoms with E-state index in [-0.39, 0.29) is 6.10 Å². The number of aliphatic hydroxyl groups excluding tert-OH is 1. The zero-order chi connectivity index (χ0) is 8.55. The number of aryl methyl sites for hydroxylation is 2. The number of fused-ring (bicyclic) bond motifs is 1. The molecule has 1 aromatic rings. The fraction of sp³-hybridized carbons (Fsp3) is 0.556.